The number of methoxy groups -OCH3 is 1. The molecular weight excluding hydrogens is 218 g/mol. The van der Waals surface area contributed by atoms with Gasteiger partial charge >= 0.3 is 0 Å². The van der Waals surface area contributed by atoms with Gasteiger partial charge in [-0.1, -0.05) is 0 Å². The average molecular weight is 243 g/mol. The van der Waals surface area contributed by atoms with Crippen LogP contribution in [-0.4, -0.2) is 68.7 Å². The van der Waals surface area contributed by atoms with Crippen LogP contribution < -0.4 is 5.73 Å². The molecule has 0 aromatic carbocycles. The standard InChI is InChI=1S/C12H25N3O2/c1-14(2)12(16)7-10(8-13)15-6-4-5-11(9-15)17-3/h10-11H,4-9,13H2,1-3H3. The monoisotopic (exact) mass is 243 g/mol. The number of nitrogens with zero attached hydrogens (tertiary/aromatic N) is 2. The molecule has 1 saturated heterocycles. The Kier molecular flexibility index (Phi) is 5.88. The first-order valence-electron chi connectivity index (χ1n) is 6.25. The molecule has 1 fully saturated rings. The largest absolute Gasteiger partial charge is 0.380 e. The van der Waals surface area contributed by atoms with Gasteiger partial charge in [0, 0.05) is 46.8 Å². The van der Waals surface area contributed by atoms with E-state index in [4.69, 9.17) is 10.5 Å². The zero-order chi connectivity index (χ0) is 12.8. The zero-order valence-corrected chi connectivity index (χ0v) is 11.2. The molecule has 0 aromatic rings. The molecule has 2 unspecified atom stereocenters. The van der Waals surface area contributed by atoms with E-state index in [0.29, 0.717) is 13.0 Å². The van der Waals surface area contributed by atoms with Crippen LogP contribution in [-0.2, 0) is 9.53 Å². The average Bonchev–Trinajstić information content (AvgIpc) is 2.35. The van der Waals surface area contributed by atoms with E-state index < -0.39 is 0 Å². The summed E-state index contributed by atoms with van der Waals surface area (Å²) in [5, 5.41) is 0. The van der Waals surface area contributed by atoms with Crippen molar-refractivity contribution < 1.29 is 9.53 Å². The Morgan fingerprint density at radius 3 is 2.82 bits per heavy atom. The second kappa shape index (κ2) is 6.93. The highest BCUT2D eigenvalue weighted by Gasteiger charge is 2.26. The van der Waals surface area contributed by atoms with Crippen LogP contribution in [0.25, 0.3) is 0 Å². The Morgan fingerprint density at radius 2 is 2.29 bits per heavy atom. The Hall–Kier alpha value is -0.650. The fourth-order valence-corrected chi connectivity index (χ4v) is 2.24. The van der Waals surface area contributed by atoms with Gasteiger partial charge in [0.2, 0.25) is 5.91 Å². The molecule has 0 aromatic heterocycles. The number of hydrogen-bond donors (Lipinski definition) is 1. The van der Waals surface area contributed by atoms with Crippen molar-refractivity contribution in [3.63, 3.8) is 0 Å². The maximum Gasteiger partial charge on any atom is 0.223 e. The van der Waals surface area contributed by atoms with Gasteiger partial charge in [-0.15, -0.1) is 0 Å². The number of amides is 1. The number of rotatable bonds is 5. The van der Waals surface area contributed by atoms with Crippen LogP contribution in [0.3, 0.4) is 0 Å². The van der Waals surface area contributed by atoms with E-state index in [-0.39, 0.29) is 18.1 Å². The van der Waals surface area contributed by atoms with Gasteiger partial charge < -0.3 is 15.4 Å². The number of nitrogens with two attached hydrogens (primary N) is 1. The summed E-state index contributed by atoms with van der Waals surface area (Å²) in [6, 6.07) is 0.142. The highest BCUT2D eigenvalue weighted by Crippen LogP contribution is 2.16. The molecule has 1 aliphatic rings. The van der Waals surface area contributed by atoms with E-state index >= 15 is 0 Å². The fourth-order valence-electron chi connectivity index (χ4n) is 2.24. The van der Waals surface area contributed by atoms with Gasteiger partial charge in [0.05, 0.1) is 6.10 Å². The molecular formula is C12H25N3O2. The molecule has 1 amide bonds. The molecule has 1 aliphatic heterocycles. The van der Waals surface area contributed by atoms with Crippen molar-refractivity contribution in [3.05, 3.63) is 0 Å². The lowest BCUT2D eigenvalue weighted by Gasteiger charge is -2.37. The lowest BCUT2D eigenvalue weighted by Crippen LogP contribution is -2.49. The van der Waals surface area contributed by atoms with Crippen molar-refractivity contribution >= 4 is 5.91 Å². The molecule has 5 nitrogen and oxygen atoms in total. The van der Waals surface area contributed by atoms with E-state index in [1.807, 2.05) is 0 Å². The summed E-state index contributed by atoms with van der Waals surface area (Å²) in [5.74, 6) is 0.139. The van der Waals surface area contributed by atoms with Crippen LogP contribution in [0.4, 0.5) is 0 Å². The summed E-state index contributed by atoms with van der Waals surface area (Å²) in [4.78, 5) is 15.6. The molecule has 0 bridgehead atoms. The molecule has 1 heterocycles. The van der Waals surface area contributed by atoms with Crippen LogP contribution in [0.1, 0.15) is 19.3 Å². The van der Waals surface area contributed by atoms with Crippen LogP contribution in [0, 0.1) is 0 Å². The van der Waals surface area contributed by atoms with Crippen LogP contribution in [0.2, 0.25) is 0 Å². The summed E-state index contributed by atoms with van der Waals surface area (Å²) < 4.78 is 5.39. The molecule has 1 rings (SSSR count). The molecule has 2 N–H and O–H groups in total. The predicted octanol–water partition coefficient (Wildman–Crippen LogP) is -0.0972. The molecule has 0 saturated carbocycles. The lowest BCUT2D eigenvalue weighted by atomic mass is 10.0. The summed E-state index contributed by atoms with van der Waals surface area (Å²) >= 11 is 0. The molecule has 100 valence electrons. The number of hydrogen-bond acceptors (Lipinski definition) is 4. The molecule has 0 spiro atoms. The van der Waals surface area contributed by atoms with Crippen molar-refractivity contribution in [2.45, 2.75) is 31.4 Å². The van der Waals surface area contributed by atoms with Gasteiger partial charge in [-0.2, -0.15) is 0 Å². The van der Waals surface area contributed by atoms with Crippen molar-refractivity contribution in [1.29, 1.82) is 0 Å². The smallest absolute Gasteiger partial charge is 0.223 e. The summed E-state index contributed by atoms with van der Waals surface area (Å²) in [6.07, 6.45) is 3.00. The van der Waals surface area contributed by atoms with E-state index in [9.17, 15) is 4.79 Å². The third-order valence-corrected chi connectivity index (χ3v) is 3.44. The third kappa shape index (κ3) is 4.26. The van der Waals surface area contributed by atoms with Crippen LogP contribution >= 0.6 is 0 Å². The van der Waals surface area contributed by atoms with E-state index in [1.54, 1.807) is 26.1 Å². The lowest BCUT2D eigenvalue weighted by molar-refractivity contribution is -0.130. The maximum atomic E-state index is 11.7. The van der Waals surface area contributed by atoms with E-state index in [2.05, 4.69) is 4.90 Å². The van der Waals surface area contributed by atoms with E-state index in [0.717, 1.165) is 25.9 Å². The molecule has 5 heteroatoms. The predicted molar refractivity (Wildman–Crippen MR) is 67.8 cm³/mol. The number of piperidine rings is 1. The van der Waals surface area contributed by atoms with E-state index in [1.165, 1.54) is 0 Å². The Balaban J connectivity index is 2.51. The maximum absolute atomic E-state index is 11.7. The van der Waals surface area contributed by atoms with Gasteiger partial charge in [-0.3, -0.25) is 9.69 Å². The minimum atomic E-state index is 0.139. The first kappa shape index (κ1) is 14.4. The highest BCUT2D eigenvalue weighted by atomic mass is 16.5. The quantitative estimate of drug-likeness (QED) is 0.733. The first-order valence-corrected chi connectivity index (χ1v) is 6.25. The second-order valence-corrected chi connectivity index (χ2v) is 4.88. The number of carbonyl (C=O) groups excluding carboxylic acids is 1. The SMILES string of the molecule is COC1CCCN(C(CN)CC(=O)N(C)C)C1. The minimum absolute atomic E-state index is 0.139. The fraction of sp³-hybridized carbons (Fsp3) is 0.917. The normalized spacial score (nSPS) is 23.4. The van der Waals surface area contributed by atoms with Crippen LogP contribution in [0.15, 0.2) is 0 Å². The van der Waals surface area contributed by atoms with Gasteiger partial charge in [-0.05, 0) is 19.4 Å². The third-order valence-electron chi connectivity index (χ3n) is 3.44. The Labute approximate surface area is 104 Å². The highest BCUT2D eigenvalue weighted by molar-refractivity contribution is 5.76. The van der Waals surface area contributed by atoms with Crippen molar-refractivity contribution in [2.75, 3.05) is 40.8 Å². The minimum Gasteiger partial charge on any atom is -0.380 e. The number of ether oxygens (including phenoxy) is 1. The van der Waals surface area contributed by atoms with Crippen molar-refractivity contribution in [3.8, 4) is 0 Å². The van der Waals surface area contributed by atoms with Gasteiger partial charge in [0.1, 0.15) is 0 Å². The Bertz CT molecular complexity index is 246. The summed E-state index contributed by atoms with van der Waals surface area (Å²) in [7, 11) is 5.31. The zero-order valence-electron chi connectivity index (χ0n) is 11.2. The molecule has 17 heavy (non-hydrogen) atoms. The summed E-state index contributed by atoms with van der Waals surface area (Å²) in [5.41, 5.74) is 5.79. The Morgan fingerprint density at radius 1 is 1.59 bits per heavy atom. The first-order chi connectivity index (χ1) is 8.08. The van der Waals surface area contributed by atoms with Gasteiger partial charge in [0.25, 0.3) is 0 Å². The number of likely N-dealkylation sites (tertiary alicyclic amines) is 1. The molecule has 2 atom stereocenters. The number of carbonyl (C=O) groups is 1. The van der Waals surface area contributed by atoms with Crippen molar-refractivity contribution in [1.82, 2.24) is 9.80 Å². The summed E-state index contributed by atoms with van der Waals surface area (Å²) in [6.45, 7) is 2.43. The second-order valence-electron chi connectivity index (χ2n) is 4.88. The molecule has 0 aliphatic carbocycles. The van der Waals surface area contributed by atoms with Crippen molar-refractivity contribution in [2.24, 2.45) is 5.73 Å². The van der Waals surface area contributed by atoms with Gasteiger partial charge in [-0.25, -0.2) is 0 Å². The van der Waals surface area contributed by atoms with Gasteiger partial charge in [0.15, 0.2) is 0 Å². The molecule has 0 radical (unpaired) electrons. The van der Waals surface area contributed by atoms with Crippen LogP contribution in [0.5, 0.6) is 0 Å². The topological polar surface area (TPSA) is 58.8 Å².